The van der Waals surface area contributed by atoms with E-state index < -0.39 is 0 Å². The average Bonchev–Trinajstić information content (AvgIpc) is 2.22. The highest BCUT2D eigenvalue weighted by molar-refractivity contribution is 6.00. The number of carbonyl (C=O) groups excluding carboxylic acids is 2. The van der Waals surface area contributed by atoms with Crippen molar-refractivity contribution in [2.24, 2.45) is 15.4 Å². The molecule has 0 saturated carbocycles. The molecule has 0 aliphatic carbocycles. The van der Waals surface area contributed by atoms with Gasteiger partial charge in [0.1, 0.15) is 11.6 Å². The van der Waals surface area contributed by atoms with Crippen molar-refractivity contribution in [3.63, 3.8) is 0 Å². The molecule has 0 heterocycles. The van der Waals surface area contributed by atoms with Gasteiger partial charge in [0.25, 0.3) is 0 Å². The molecule has 0 rings (SSSR count). The lowest BCUT2D eigenvalue weighted by molar-refractivity contribution is -0.116. The summed E-state index contributed by atoms with van der Waals surface area (Å²) in [6.45, 7) is 12.3. The van der Waals surface area contributed by atoms with Crippen LogP contribution in [-0.4, -0.2) is 36.1 Å². The summed E-state index contributed by atoms with van der Waals surface area (Å²) in [5.41, 5.74) is 1.67. The van der Waals surface area contributed by atoms with Crippen LogP contribution < -0.4 is 0 Å². The van der Waals surface area contributed by atoms with Crippen molar-refractivity contribution < 1.29 is 9.59 Å². The maximum absolute atomic E-state index is 11.0. The third kappa shape index (κ3) is 10.3. The lowest BCUT2D eigenvalue weighted by Crippen LogP contribution is -2.21. The van der Waals surface area contributed by atoms with E-state index in [4.69, 9.17) is 0 Å². The number of hydrogen-bond donors (Lipinski definition) is 0. The standard InChI is InChI=1S/C15H26N2O2/c1-11(7-13(3)18)16-9-15(5,6)10-17-12(2)8-14(4)19/h7-10H2,1-6H3. The van der Waals surface area contributed by atoms with Crippen molar-refractivity contribution >= 4 is 23.0 Å². The summed E-state index contributed by atoms with van der Waals surface area (Å²) in [6, 6.07) is 0. The Hall–Kier alpha value is -1.32. The molecule has 0 aromatic carbocycles. The highest BCUT2D eigenvalue weighted by Gasteiger charge is 2.17. The number of rotatable bonds is 8. The lowest BCUT2D eigenvalue weighted by atomic mass is 9.93. The van der Waals surface area contributed by atoms with E-state index in [1.807, 2.05) is 13.8 Å². The first-order chi connectivity index (χ1) is 8.62. The Morgan fingerprint density at radius 1 is 0.789 bits per heavy atom. The van der Waals surface area contributed by atoms with Crippen LogP contribution in [0.25, 0.3) is 0 Å². The zero-order chi connectivity index (χ0) is 15.1. The number of hydrogen-bond acceptors (Lipinski definition) is 4. The van der Waals surface area contributed by atoms with Crippen molar-refractivity contribution in [1.82, 2.24) is 0 Å². The number of nitrogens with zero attached hydrogens (tertiary/aromatic N) is 2. The maximum atomic E-state index is 11.0. The lowest BCUT2D eigenvalue weighted by Gasteiger charge is -2.20. The fourth-order valence-electron chi connectivity index (χ4n) is 1.58. The van der Waals surface area contributed by atoms with Crippen LogP contribution >= 0.6 is 0 Å². The predicted molar refractivity (Wildman–Crippen MR) is 80.3 cm³/mol. The normalized spacial score (nSPS) is 13.6. The Bertz CT molecular complexity index is 357. The molecule has 4 nitrogen and oxygen atoms in total. The number of aliphatic imine (C=N–C) groups is 2. The molecule has 0 radical (unpaired) electrons. The Morgan fingerprint density at radius 2 is 1.11 bits per heavy atom. The van der Waals surface area contributed by atoms with Gasteiger partial charge in [-0.2, -0.15) is 0 Å². The minimum absolute atomic E-state index is 0.0594. The summed E-state index contributed by atoms with van der Waals surface area (Å²) < 4.78 is 0. The first kappa shape index (κ1) is 17.7. The first-order valence-electron chi connectivity index (χ1n) is 6.61. The van der Waals surface area contributed by atoms with Crippen molar-refractivity contribution in [3.8, 4) is 0 Å². The molecule has 0 spiro atoms. The highest BCUT2D eigenvalue weighted by atomic mass is 16.1. The molecule has 0 aromatic rings. The van der Waals surface area contributed by atoms with E-state index >= 15 is 0 Å². The van der Waals surface area contributed by atoms with Gasteiger partial charge in [0, 0.05) is 42.8 Å². The van der Waals surface area contributed by atoms with Gasteiger partial charge >= 0.3 is 0 Å². The van der Waals surface area contributed by atoms with Gasteiger partial charge in [-0.3, -0.25) is 19.6 Å². The summed E-state index contributed by atoms with van der Waals surface area (Å²) in [5, 5.41) is 0. The van der Waals surface area contributed by atoms with Gasteiger partial charge < -0.3 is 0 Å². The monoisotopic (exact) mass is 266 g/mol. The molecular formula is C15H26N2O2. The topological polar surface area (TPSA) is 58.9 Å². The molecule has 108 valence electrons. The van der Waals surface area contributed by atoms with E-state index in [0.29, 0.717) is 25.9 Å². The molecule has 19 heavy (non-hydrogen) atoms. The van der Waals surface area contributed by atoms with E-state index in [-0.39, 0.29) is 17.0 Å². The molecule has 4 heteroatoms. The molecule has 0 atom stereocenters. The minimum Gasteiger partial charge on any atom is -0.300 e. The van der Waals surface area contributed by atoms with Gasteiger partial charge in [-0.15, -0.1) is 0 Å². The second kappa shape index (κ2) is 7.97. The minimum atomic E-state index is -0.0594. The molecule has 0 bridgehead atoms. The van der Waals surface area contributed by atoms with Crippen molar-refractivity contribution in [2.75, 3.05) is 13.1 Å². The second-order valence-corrected chi connectivity index (χ2v) is 6.02. The Balaban J connectivity index is 4.39. The van der Waals surface area contributed by atoms with Gasteiger partial charge in [0.05, 0.1) is 0 Å². The van der Waals surface area contributed by atoms with Crippen LogP contribution in [-0.2, 0) is 9.59 Å². The van der Waals surface area contributed by atoms with Crippen LogP contribution in [0.15, 0.2) is 9.98 Å². The molecule has 0 amide bonds. The van der Waals surface area contributed by atoms with Crippen LogP contribution in [0.3, 0.4) is 0 Å². The van der Waals surface area contributed by atoms with Crippen molar-refractivity contribution in [2.45, 2.75) is 54.4 Å². The molecule has 0 aromatic heterocycles. The summed E-state index contributed by atoms with van der Waals surface area (Å²) in [7, 11) is 0. The van der Waals surface area contributed by atoms with Gasteiger partial charge in [0.15, 0.2) is 0 Å². The van der Waals surface area contributed by atoms with Gasteiger partial charge in [-0.05, 0) is 27.7 Å². The number of Topliss-reactive ketones (excluding diaryl/α,β-unsaturated/α-hetero) is 2. The summed E-state index contributed by atoms with van der Waals surface area (Å²) >= 11 is 0. The first-order valence-corrected chi connectivity index (χ1v) is 6.61. The maximum Gasteiger partial charge on any atom is 0.135 e. The second-order valence-electron chi connectivity index (χ2n) is 6.02. The molecule has 0 unspecified atom stereocenters. The zero-order valence-corrected chi connectivity index (χ0v) is 13.0. The molecular weight excluding hydrogens is 240 g/mol. The van der Waals surface area contributed by atoms with Gasteiger partial charge in [0.2, 0.25) is 0 Å². The number of ketones is 2. The average molecular weight is 266 g/mol. The van der Waals surface area contributed by atoms with E-state index in [0.717, 1.165) is 11.4 Å². The van der Waals surface area contributed by atoms with Crippen LogP contribution in [0, 0.1) is 5.41 Å². The highest BCUT2D eigenvalue weighted by Crippen LogP contribution is 2.16. The van der Waals surface area contributed by atoms with E-state index in [1.54, 1.807) is 13.8 Å². The quantitative estimate of drug-likeness (QED) is 0.634. The van der Waals surface area contributed by atoms with Crippen LogP contribution in [0.2, 0.25) is 0 Å². The van der Waals surface area contributed by atoms with Crippen LogP contribution in [0.5, 0.6) is 0 Å². The fraction of sp³-hybridized carbons (Fsp3) is 0.733. The van der Waals surface area contributed by atoms with Gasteiger partial charge in [-0.1, -0.05) is 13.8 Å². The van der Waals surface area contributed by atoms with E-state index in [9.17, 15) is 9.59 Å². The molecule has 0 aliphatic heterocycles. The summed E-state index contributed by atoms with van der Waals surface area (Å²) in [4.78, 5) is 30.8. The zero-order valence-electron chi connectivity index (χ0n) is 13.0. The molecule has 0 aliphatic rings. The van der Waals surface area contributed by atoms with Crippen LogP contribution in [0.4, 0.5) is 0 Å². The van der Waals surface area contributed by atoms with Gasteiger partial charge in [-0.25, -0.2) is 0 Å². The number of carbonyl (C=O) groups is 2. The van der Waals surface area contributed by atoms with Crippen LogP contribution in [0.1, 0.15) is 54.4 Å². The third-order valence-electron chi connectivity index (χ3n) is 2.56. The Labute approximate surface area is 116 Å². The largest absolute Gasteiger partial charge is 0.300 e. The summed E-state index contributed by atoms with van der Waals surface area (Å²) in [5.74, 6) is 0.267. The summed E-state index contributed by atoms with van der Waals surface area (Å²) in [6.07, 6.45) is 0.839. The predicted octanol–water partition coefficient (Wildman–Crippen LogP) is 2.89. The molecule has 0 fully saturated rings. The fourth-order valence-corrected chi connectivity index (χ4v) is 1.58. The molecule has 0 saturated heterocycles. The third-order valence-corrected chi connectivity index (χ3v) is 2.56. The Kier molecular flexibility index (Phi) is 7.42. The Morgan fingerprint density at radius 3 is 1.37 bits per heavy atom. The van der Waals surface area contributed by atoms with Crippen molar-refractivity contribution in [3.05, 3.63) is 0 Å². The smallest absolute Gasteiger partial charge is 0.135 e. The van der Waals surface area contributed by atoms with Crippen molar-refractivity contribution in [1.29, 1.82) is 0 Å². The SMILES string of the molecule is CC(=O)CC(C)=NCC(C)(C)CN=C(C)CC(C)=O. The molecule has 0 N–H and O–H groups in total. The van der Waals surface area contributed by atoms with E-state index in [2.05, 4.69) is 23.8 Å². The van der Waals surface area contributed by atoms with E-state index in [1.165, 1.54) is 0 Å².